The SMILES string of the molecule is O=C(CN1CCC(F)CC1)N1C=Cn2c(nc(-c3ccc(F)cc3)c2Nc2ccc(F)cc2)C1. The molecule has 5 rings (SSSR count). The number of alkyl halides is 1. The number of benzene rings is 2. The van der Waals surface area contributed by atoms with Crippen molar-refractivity contribution in [3.05, 3.63) is 72.2 Å². The molecule has 176 valence electrons. The van der Waals surface area contributed by atoms with Crippen molar-refractivity contribution in [1.29, 1.82) is 0 Å². The molecule has 3 heterocycles. The Balaban J connectivity index is 1.41. The average Bonchev–Trinajstić information content (AvgIpc) is 3.20. The van der Waals surface area contributed by atoms with Gasteiger partial charge in [0, 0.05) is 36.7 Å². The van der Waals surface area contributed by atoms with Crippen LogP contribution >= 0.6 is 0 Å². The molecule has 0 unspecified atom stereocenters. The zero-order chi connectivity index (χ0) is 23.7. The summed E-state index contributed by atoms with van der Waals surface area (Å²) >= 11 is 0. The summed E-state index contributed by atoms with van der Waals surface area (Å²) in [6.07, 6.45) is 3.56. The van der Waals surface area contributed by atoms with Gasteiger partial charge >= 0.3 is 0 Å². The fraction of sp³-hybridized carbons (Fsp3) is 0.280. The quantitative estimate of drug-likeness (QED) is 0.587. The lowest BCUT2D eigenvalue weighted by molar-refractivity contribution is -0.130. The molecule has 1 saturated heterocycles. The van der Waals surface area contributed by atoms with Crippen LogP contribution in [-0.2, 0) is 11.3 Å². The number of halogens is 3. The molecule has 0 atom stereocenters. The number of nitrogens with zero attached hydrogens (tertiary/aromatic N) is 4. The molecular formula is C25H24F3N5O. The molecule has 0 aliphatic carbocycles. The lowest BCUT2D eigenvalue weighted by atomic mass is 10.1. The van der Waals surface area contributed by atoms with Crippen LogP contribution in [0.2, 0.25) is 0 Å². The van der Waals surface area contributed by atoms with Crippen molar-refractivity contribution in [3.63, 3.8) is 0 Å². The Morgan fingerprint density at radius 2 is 1.62 bits per heavy atom. The summed E-state index contributed by atoms with van der Waals surface area (Å²) in [4.78, 5) is 21.2. The van der Waals surface area contributed by atoms with Crippen LogP contribution in [0.3, 0.4) is 0 Å². The predicted octanol–water partition coefficient (Wildman–Crippen LogP) is 4.78. The number of amides is 1. The third-order valence-electron chi connectivity index (χ3n) is 6.11. The molecule has 2 aliphatic rings. The van der Waals surface area contributed by atoms with Gasteiger partial charge in [0.1, 0.15) is 35.1 Å². The normalized spacial score (nSPS) is 16.5. The Kier molecular flexibility index (Phi) is 6.10. The topological polar surface area (TPSA) is 53.4 Å². The van der Waals surface area contributed by atoms with Crippen molar-refractivity contribution in [2.45, 2.75) is 25.6 Å². The second-order valence-corrected chi connectivity index (χ2v) is 8.50. The monoisotopic (exact) mass is 467 g/mol. The van der Waals surface area contributed by atoms with Gasteiger partial charge in [0.25, 0.3) is 0 Å². The van der Waals surface area contributed by atoms with Crippen LogP contribution in [0.5, 0.6) is 0 Å². The molecule has 1 aromatic heterocycles. The number of anilines is 2. The first kappa shape index (κ1) is 22.2. The Morgan fingerprint density at radius 3 is 2.29 bits per heavy atom. The lowest BCUT2D eigenvalue weighted by Crippen LogP contribution is -2.42. The maximum Gasteiger partial charge on any atom is 0.241 e. The number of imidazole rings is 1. The number of aromatic nitrogens is 2. The molecule has 6 nitrogen and oxygen atoms in total. The number of carbonyl (C=O) groups excluding carboxylic acids is 1. The fourth-order valence-corrected chi connectivity index (χ4v) is 4.21. The fourth-order valence-electron chi connectivity index (χ4n) is 4.21. The highest BCUT2D eigenvalue weighted by Gasteiger charge is 2.26. The van der Waals surface area contributed by atoms with Crippen molar-refractivity contribution >= 4 is 23.6 Å². The van der Waals surface area contributed by atoms with Crippen molar-refractivity contribution in [2.24, 2.45) is 0 Å². The molecule has 2 aromatic carbocycles. The second-order valence-electron chi connectivity index (χ2n) is 8.50. The van der Waals surface area contributed by atoms with E-state index in [-0.39, 0.29) is 30.6 Å². The molecule has 9 heteroatoms. The maximum atomic E-state index is 13.5. The number of nitrogens with one attached hydrogen (secondary N) is 1. The summed E-state index contributed by atoms with van der Waals surface area (Å²) in [7, 11) is 0. The lowest BCUT2D eigenvalue weighted by Gasteiger charge is -2.30. The Bertz CT molecular complexity index is 1200. The molecule has 3 aromatic rings. The minimum atomic E-state index is -0.786. The van der Waals surface area contributed by atoms with Crippen LogP contribution < -0.4 is 5.32 Å². The van der Waals surface area contributed by atoms with E-state index in [9.17, 15) is 18.0 Å². The first-order valence-corrected chi connectivity index (χ1v) is 11.2. The molecule has 1 fully saturated rings. The molecule has 2 aliphatic heterocycles. The van der Waals surface area contributed by atoms with Crippen LogP contribution in [-0.4, -0.2) is 51.1 Å². The van der Waals surface area contributed by atoms with Crippen LogP contribution in [0, 0.1) is 11.6 Å². The molecule has 1 N–H and O–H groups in total. The average molecular weight is 467 g/mol. The standard InChI is InChI=1S/C25H24F3N5O/c26-18-3-1-17(2-4-18)24-25(29-21-7-5-19(27)6-8-21)33-14-13-32(15-22(33)30-24)23(34)16-31-11-9-20(28)10-12-31/h1-8,13-14,20,29H,9-12,15-16H2. The molecule has 1 amide bonds. The van der Waals surface area contributed by atoms with Crippen LogP contribution in [0.15, 0.2) is 54.7 Å². The van der Waals surface area contributed by atoms with Crippen LogP contribution in [0.1, 0.15) is 18.7 Å². The van der Waals surface area contributed by atoms with Gasteiger partial charge in [-0.1, -0.05) is 0 Å². The highest BCUT2D eigenvalue weighted by atomic mass is 19.1. The molecule has 0 bridgehead atoms. The third kappa shape index (κ3) is 4.70. The predicted molar refractivity (Wildman–Crippen MR) is 124 cm³/mol. The highest BCUT2D eigenvalue weighted by molar-refractivity contribution is 5.82. The van der Waals surface area contributed by atoms with Gasteiger partial charge in [0.15, 0.2) is 0 Å². The van der Waals surface area contributed by atoms with E-state index in [0.29, 0.717) is 54.5 Å². The molecular weight excluding hydrogens is 443 g/mol. The number of hydrogen-bond acceptors (Lipinski definition) is 4. The summed E-state index contributed by atoms with van der Waals surface area (Å²) < 4.78 is 42.1. The number of likely N-dealkylation sites (tertiary alicyclic amines) is 1. The largest absolute Gasteiger partial charge is 0.339 e. The van der Waals surface area contributed by atoms with Gasteiger partial charge in [-0.15, -0.1) is 0 Å². The summed E-state index contributed by atoms with van der Waals surface area (Å²) in [6, 6.07) is 12.0. The minimum Gasteiger partial charge on any atom is -0.339 e. The van der Waals surface area contributed by atoms with E-state index >= 15 is 0 Å². The van der Waals surface area contributed by atoms with E-state index in [0.717, 1.165) is 0 Å². The van der Waals surface area contributed by atoms with Crippen molar-refractivity contribution in [1.82, 2.24) is 19.4 Å². The summed E-state index contributed by atoms with van der Waals surface area (Å²) in [5.74, 6) is 0.474. The first-order valence-electron chi connectivity index (χ1n) is 11.2. The number of hydrogen-bond donors (Lipinski definition) is 1. The molecule has 0 spiro atoms. The van der Waals surface area contributed by atoms with Crippen LogP contribution in [0.4, 0.5) is 24.7 Å². The van der Waals surface area contributed by atoms with E-state index in [1.165, 1.54) is 24.3 Å². The van der Waals surface area contributed by atoms with E-state index in [1.807, 2.05) is 9.47 Å². The summed E-state index contributed by atoms with van der Waals surface area (Å²) in [5.41, 5.74) is 1.95. The minimum absolute atomic E-state index is 0.0841. The van der Waals surface area contributed by atoms with Crippen molar-refractivity contribution in [3.8, 4) is 11.3 Å². The zero-order valence-electron chi connectivity index (χ0n) is 18.4. The van der Waals surface area contributed by atoms with Gasteiger partial charge in [-0.3, -0.25) is 14.3 Å². The number of carbonyl (C=O) groups is 1. The smallest absolute Gasteiger partial charge is 0.241 e. The Hall–Kier alpha value is -3.59. The van der Waals surface area contributed by atoms with Crippen LogP contribution in [0.25, 0.3) is 17.5 Å². The van der Waals surface area contributed by atoms with Gasteiger partial charge in [-0.25, -0.2) is 18.2 Å². The first-order chi connectivity index (χ1) is 16.5. The molecule has 34 heavy (non-hydrogen) atoms. The van der Waals surface area contributed by atoms with E-state index < -0.39 is 6.17 Å². The van der Waals surface area contributed by atoms with E-state index in [4.69, 9.17) is 4.98 Å². The van der Waals surface area contributed by atoms with E-state index in [1.54, 1.807) is 41.6 Å². The van der Waals surface area contributed by atoms with Crippen molar-refractivity contribution < 1.29 is 18.0 Å². The molecule has 0 radical (unpaired) electrons. The van der Waals surface area contributed by atoms with Gasteiger partial charge in [0.2, 0.25) is 5.91 Å². The van der Waals surface area contributed by atoms with E-state index in [2.05, 4.69) is 5.32 Å². The summed E-state index contributed by atoms with van der Waals surface area (Å²) in [5, 5.41) is 3.28. The van der Waals surface area contributed by atoms with Gasteiger partial charge in [-0.2, -0.15) is 0 Å². The Labute approximate surface area is 195 Å². The van der Waals surface area contributed by atoms with Crippen molar-refractivity contribution in [2.75, 3.05) is 25.0 Å². The molecule has 0 saturated carbocycles. The maximum absolute atomic E-state index is 13.5. The highest BCUT2D eigenvalue weighted by Crippen LogP contribution is 2.33. The van der Waals surface area contributed by atoms with Gasteiger partial charge in [-0.05, 0) is 61.4 Å². The zero-order valence-corrected chi connectivity index (χ0v) is 18.4. The number of piperidine rings is 1. The number of fused-ring (bicyclic) bond motifs is 1. The number of rotatable bonds is 5. The third-order valence-corrected chi connectivity index (χ3v) is 6.11. The van der Waals surface area contributed by atoms with Gasteiger partial charge < -0.3 is 10.2 Å². The Morgan fingerprint density at radius 1 is 0.971 bits per heavy atom. The second kappa shape index (κ2) is 9.34. The summed E-state index contributed by atoms with van der Waals surface area (Å²) in [6.45, 7) is 1.62. The van der Waals surface area contributed by atoms with Gasteiger partial charge in [0.05, 0.1) is 13.1 Å².